The first-order valence-corrected chi connectivity index (χ1v) is 8.57. The Kier molecular flexibility index (Phi) is 4.88. The number of fused-ring (bicyclic) bond motifs is 1. The van der Waals surface area contributed by atoms with Crippen LogP contribution in [0.2, 0.25) is 0 Å². The number of likely N-dealkylation sites (tertiary alicyclic amines) is 1. The van der Waals surface area contributed by atoms with E-state index in [0.717, 1.165) is 24.0 Å². The summed E-state index contributed by atoms with van der Waals surface area (Å²) in [7, 11) is 0. The molecule has 1 saturated heterocycles. The molecular weight excluding hydrogens is 320 g/mol. The zero-order valence-corrected chi connectivity index (χ0v) is 14.2. The van der Waals surface area contributed by atoms with Gasteiger partial charge in [-0.2, -0.15) is 0 Å². The molecule has 2 atom stereocenters. The molecule has 2 amide bonds. The molecule has 1 aromatic rings. The third-order valence-electron chi connectivity index (χ3n) is 4.95. The summed E-state index contributed by atoms with van der Waals surface area (Å²) < 4.78 is 0. The number of benzene rings is 1. The van der Waals surface area contributed by atoms with Gasteiger partial charge in [0.15, 0.2) is 0 Å². The van der Waals surface area contributed by atoms with Crippen LogP contribution >= 0.6 is 0 Å². The van der Waals surface area contributed by atoms with E-state index in [0.29, 0.717) is 13.0 Å². The third-order valence-corrected chi connectivity index (χ3v) is 4.95. The molecule has 25 heavy (non-hydrogen) atoms. The highest BCUT2D eigenvalue weighted by atomic mass is 16.4. The summed E-state index contributed by atoms with van der Waals surface area (Å²) in [5.41, 5.74) is 1.89. The highest BCUT2D eigenvalue weighted by Gasteiger charge is 2.35. The molecule has 0 aliphatic carbocycles. The van der Waals surface area contributed by atoms with E-state index < -0.39 is 18.1 Å². The second kappa shape index (κ2) is 7.09. The molecule has 1 fully saturated rings. The monoisotopic (exact) mass is 342 g/mol. The molecule has 0 saturated carbocycles. The van der Waals surface area contributed by atoms with Crippen molar-refractivity contribution in [3.8, 4) is 0 Å². The number of hydrogen-bond donors (Lipinski definition) is 1. The minimum Gasteiger partial charge on any atom is -0.480 e. The summed E-state index contributed by atoms with van der Waals surface area (Å²) in [5.74, 6) is -1.31. The van der Waals surface area contributed by atoms with Gasteiger partial charge in [0.1, 0.15) is 6.04 Å². The lowest BCUT2D eigenvalue weighted by Gasteiger charge is -2.37. The van der Waals surface area contributed by atoms with Gasteiger partial charge in [0.05, 0.1) is 12.5 Å². The third kappa shape index (κ3) is 3.43. The van der Waals surface area contributed by atoms with Crippen molar-refractivity contribution in [1.29, 1.82) is 0 Å². The summed E-state index contributed by atoms with van der Waals surface area (Å²) in [4.78, 5) is 39.3. The predicted octanol–water partition coefficient (Wildman–Crippen LogP) is 2.42. The molecule has 2 aliphatic heterocycles. The van der Waals surface area contributed by atoms with Crippen molar-refractivity contribution in [3.05, 3.63) is 41.6 Å². The van der Waals surface area contributed by atoms with Crippen molar-refractivity contribution in [3.63, 3.8) is 0 Å². The first-order valence-electron chi connectivity index (χ1n) is 8.57. The molecule has 132 valence electrons. The van der Waals surface area contributed by atoms with E-state index in [1.807, 2.05) is 30.3 Å². The Morgan fingerprint density at radius 1 is 1.20 bits per heavy atom. The number of aliphatic carboxylic acids is 1. The SMILES string of the molecule is CC(=O)N1C=Cc2ccccc2[C@@H]1CC(=O)N1CCCC[C@@H]1C(=O)O. The highest BCUT2D eigenvalue weighted by molar-refractivity contribution is 5.85. The molecule has 0 unspecified atom stereocenters. The topological polar surface area (TPSA) is 77.9 Å². The Bertz CT molecular complexity index is 728. The minimum absolute atomic E-state index is 0.0880. The second-order valence-electron chi connectivity index (χ2n) is 6.53. The molecular formula is C19H22N2O4. The summed E-state index contributed by atoms with van der Waals surface area (Å²) in [6.07, 6.45) is 5.76. The van der Waals surface area contributed by atoms with Crippen molar-refractivity contribution in [1.82, 2.24) is 9.80 Å². The fourth-order valence-electron chi connectivity index (χ4n) is 3.68. The predicted molar refractivity (Wildman–Crippen MR) is 92.3 cm³/mol. The molecule has 3 rings (SSSR count). The van der Waals surface area contributed by atoms with Gasteiger partial charge in [-0.25, -0.2) is 4.79 Å². The number of amides is 2. The normalized spacial score (nSPS) is 22.4. The molecule has 6 heteroatoms. The zero-order chi connectivity index (χ0) is 18.0. The quantitative estimate of drug-likeness (QED) is 0.915. The van der Waals surface area contributed by atoms with Crippen LogP contribution in [0.25, 0.3) is 6.08 Å². The van der Waals surface area contributed by atoms with Crippen molar-refractivity contribution in [2.24, 2.45) is 0 Å². The summed E-state index contributed by atoms with van der Waals surface area (Å²) >= 11 is 0. The fraction of sp³-hybridized carbons (Fsp3) is 0.421. The first-order chi connectivity index (χ1) is 12.0. The van der Waals surface area contributed by atoms with Crippen LogP contribution in [0.4, 0.5) is 0 Å². The minimum atomic E-state index is -0.958. The number of carbonyl (C=O) groups excluding carboxylic acids is 2. The van der Waals surface area contributed by atoms with E-state index >= 15 is 0 Å². The number of rotatable bonds is 3. The van der Waals surface area contributed by atoms with Gasteiger partial charge in [-0.05, 0) is 36.5 Å². The Balaban J connectivity index is 1.86. The van der Waals surface area contributed by atoms with Crippen molar-refractivity contribution < 1.29 is 19.5 Å². The van der Waals surface area contributed by atoms with Crippen molar-refractivity contribution in [2.75, 3.05) is 6.54 Å². The van der Waals surface area contributed by atoms with E-state index in [4.69, 9.17) is 0 Å². The summed E-state index contributed by atoms with van der Waals surface area (Å²) in [6.45, 7) is 1.93. The van der Waals surface area contributed by atoms with Crippen LogP contribution in [0.1, 0.15) is 49.8 Å². The lowest BCUT2D eigenvalue weighted by molar-refractivity contribution is -0.152. The summed E-state index contributed by atoms with van der Waals surface area (Å²) in [5, 5.41) is 9.39. The van der Waals surface area contributed by atoms with Crippen LogP contribution in [0.5, 0.6) is 0 Å². The number of carboxylic acids is 1. The van der Waals surface area contributed by atoms with Gasteiger partial charge < -0.3 is 14.9 Å². The smallest absolute Gasteiger partial charge is 0.326 e. The molecule has 2 aliphatic rings. The maximum Gasteiger partial charge on any atom is 0.326 e. The van der Waals surface area contributed by atoms with Gasteiger partial charge in [-0.15, -0.1) is 0 Å². The van der Waals surface area contributed by atoms with Gasteiger partial charge in [0.25, 0.3) is 0 Å². The average Bonchev–Trinajstić information content (AvgIpc) is 2.61. The molecule has 1 aromatic carbocycles. The van der Waals surface area contributed by atoms with Gasteiger partial charge in [-0.3, -0.25) is 9.59 Å². The lowest BCUT2D eigenvalue weighted by Crippen LogP contribution is -2.49. The lowest BCUT2D eigenvalue weighted by atomic mass is 9.92. The Morgan fingerprint density at radius 3 is 2.68 bits per heavy atom. The molecule has 2 heterocycles. The second-order valence-corrected chi connectivity index (χ2v) is 6.53. The molecule has 0 radical (unpaired) electrons. The van der Waals surface area contributed by atoms with E-state index in [1.165, 1.54) is 11.8 Å². The largest absolute Gasteiger partial charge is 0.480 e. The van der Waals surface area contributed by atoms with Crippen LogP contribution in [-0.4, -0.2) is 45.3 Å². The Labute approximate surface area is 146 Å². The van der Waals surface area contributed by atoms with Gasteiger partial charge in [-0.1, -0.05) is 24.3 Å². The van der Waals surface area contributed by atoms with Crippen LogP contribution in [0.15, 0.2) is 30.5 Å². The van der Waals surface area contributed by atoms with E-state index in [9.17, 15) is 19.5 Å². The molecule has 0 aromatic heterocycles. The maximum atomic E-state index is 12.9. The van der Waals surface area contributed by atoms with Gasteiger partial charge in [0, 0.05) is 19.7 Å². The fourth-order valence-corrected chi connectivity index (χ4v) is 3.68. The van der Waals surface area contributed by atoms with E-state index in [2.05, 4.69) is 0 Å². The number of hydrogen-bond acceptors (Lipinski definition) is 3. The van der Waals surface area contributed by atoms with E-state index in [-0.39, 0.29) is 18.2 Å². The maximum absolute atomic E-state index is 12.9. The Hall–Kier alpha value is -2.63. The van der Waals surface area contributed by atoms with Crippen LogP contribution in [0, 0.1) is 0 Å². The zero-order valence-electron chi connectivity index (χ0n) is 14.2. The van der Waals surface area contributed by atoms with Crippen LogP contribution in [0.3, 0.4) is 0 Å². The molecule has 6 nitrogen and oxygen atoms in total. The molecule has 1 N–H and O–H groups in total. The van der Waals surface area contributed by atoms with Crippen LogP contribution < -0.4 is 0 Å². The number of piperidine rings is 1. The number of nitrogens with zero attached hydrogens (tertiary/aromatic N) is 2. The van der Waals surface area contributed by atoms with E-state index in [1.54, 1.807) is 11.1 Å². The summed E-state index contributed by atoms with van der Waals surface area (Å²) in [6, 6.07) is 6.49. The molecule has 0 spiro atoms. The number of carbonyl (C=O) groups is 3. The average molecular weight is 342 g/mol. The first kappa shape index (κ1) is 17.2. The van der Waals surface area contributed by atoms with Gasteiger partial charge >= 0.3 is 5.97 Å². The standard InChI is InChI=1S/C19H22N2O4/c1-13(22)20-11-9-14-6-2-3-7-15(14)17(20)12-18(23)21-10-5-4-8-16(21)19(24)25/h2-3,6-7,9,11,16-17H,4-5,8,10,12H2,1H3,(H,24,25)/t16-,17+/m1/s1. The van der Waals surface area contributed by atoms with Crippen molar-refractivity contribution >= 4 is 23.9 Å². The number of carboxylic acid groups (broad SMARTS) is 1. The Morgan fingerprint density at radius 2 is 1.96 bits per heavy atom. The molecule has 0 bridgehead atoms. The van der Waals surface area contributed by atoms with Crippen LogP contribution in [-0.2, 0) is 14.4 Å². The van der Waals surface area contributed by atoms with Crippen molar-refractivity contribution in [2.45, 2.75) is 44.7 Å². The van der Waals surface area contributed by atoms with Gasteiger partial charge in [0.2, 0.25) is 11.8 Å². The highest BCUT2D eigenvalue weighted by Crippen LogP contribution is 2.34.